The molecule has 1 aromatic carbocycles. The van der Waals surface area contributed by atoms with Crippen LogP contribution in [0.1, 0.15) is 31.1 Å². The molecule has 0 radical (unpaired) electrons. The Morgan fingerprint density at radius 2 is 1.96 bits per heavy atom. The van der Waals surface area contributed by atoms with Gasteiger partial charge in [-0.2, -0.15) is 4.31 Å². The zero-order valence-corrected chi connectivity index (χ0v) is 14.9. The summed E-state index contributed by atoms with van der Waals surface area (Å²) in [5, 5.41) is 2.45. The molecule has 0 bridgehead atoms. The van der Waals surface area contributed by atoms with Crippen molar-refractivity contribution in [2.24, 2.45) is 0 Å². The van der Waals surface area contributed by atoms with Gasteiger partial charge in [-0.25, -0.2) is 8.42 Å². The number of nitrogens with zero attached hydrogens (tertiary/aromatic N) is 1. The van der Waals surface area contributed by atoms with Crippen LogP contribution in [0.15, 0.2) is 23.1 Å². The average Bonchev–Trinajstić information content (AvgIpc) is 2.47. The molecule has 23 heavy (non-hydrogen) atoms. The van der Waals surface area contributed by atoms with E-state index in [1.54, 1.807) is 6.92 Å². The minimum absolute atomic E-state index is 0.0468. The number of carbonyl (C=O) groups excluding carboxylic acids is 1. The highest BCUT2D eigenvalue weighted by atomic mass is 35.5. The van der Waals surface area contributed by atoms with E-state index in [0.717, 1.165) is 0 Å². The second-order valence-electron chi connectivity index (χ2n) is 5.56. The molecule has 1 heterocycles. The van der Waals surface area contributed by atoms with Gasteiger partial charge in [0.1, 0.15) is 5.75 Å². The lowest BCUT2D eigenvalue weighted by molar-refractivity contribution is 0.107. The highest BCUT2D eigenvalue weighted by Crippen LogP contribution is 2.28. The molecule has 2 rings (SSSR count). The predicted octanol–water partition coefficient (Wildman–Crippen LogP) is 1.84. The van der Waals surface area contributed by atoms with Crippen molar-refractivity contribution in [3.05, 3.63) is 23.8 Å². The number of nitrogens with one attached hydrogen (secondary N) is 1. The number of benzene rings is 1. The van der Waals surface area contributed by atoms with Crippen LogP contribution in [0.5, 0.6) is 5.75 Å². The summed E-state index contributed by atoms with van der Waals surface area (Å²) in [5.74, 6) is 0.285. The highest BCUT2D eigenvalue weighted by Gasteiger charge is 2.36. The van der Waals surface area contributed by atoms with Gasteiger partial charge in [-0.05, 0) is 50.6 Å². The van der Waals surface area contributed by atoms with Crippen LogP contribution in [0.4, 0.5) is 0 Å². The van der Waals surface area contributed by atoms with Crippen LogP contribution < -0.4 is 10.1 Å². The van der Waals surface area contributed by atoms with Crippen LogP contribution in [0, 0.1) is 0 Å². The van der Waals surface area contributed by atoms with Crippen molar-refractivity contribution in [1.82, 2.24) is 9.62 Å². The first-order valence-corrected chi connectivity index (χ1v) is 9.31. The highest BCUT2D eigenvalue weighted by molar-refractivity contribution is 7.89. The first-order valence-electron chi connectivity index (χ1n) is 7.50. The quantitative estimate of drug-likeness (QED) is 0.811. The van der Waals surface area contributed by atoms with Crippen LogP contribution in [0.2, 0.25) is 0 Å². The van der Waals surface area contributed by atoms with Crippen LogP contribution in [-0.2, 0) is 10.0 Å². The van der Waals surface area contributed by atoms with Gasteiger partial charge in [0, 0.05) is 25.2 Å². The molecule has 0 amide bonds. The van der Waals surface area contributed by atoms with Gasteiger partial charge in [0.2, 0.25) is 10.0 Å². The van der Waals surface area contributed by atoms with E-state index >= 15 is 0 Å². The lowest BCUT2D eigenvalue weighted by atomic mass is 10.2. The number of hydrogen-bond acceptors (Lipinski definition) is 5. The van der Waals surface area contributed by atoms with E-state index in [0.29, 0.717) is 19.7 Å². The molecule has 1 fully saturated rings. The van der Waals surface area contributed by atoms with Crippen molar-refractivity contribution in [3.8, 4) is 5.75 Å². The van der Waals surface area contributed by atoms with Gasteiger partial charge in [-0.3, -0.25) is 4.79 Å². The van der Waals surface area contributed by atoms with Gasteiger partial charge in [0.25, 0.3) is 5.24 Å². The summed E-state index contributed by atoms with van der Waals surface area (Å²) in [5.41, 5.74) is 0.0602. The molecular formula is C15H21ClN2O4S. The maximum absolute atomic E-state index is 13.0. The van der Waals surface area contributed by atoms with E-state index in [9.17, 15) is 13.2 Å². The smallest absolute Gasteiger partial charge is 0.256 e. The van der Waals surface area contributed by atoms with E-state index in [-0.39, 0.29) is 28.3 Å². The van der Waals surface area contributed by atoms with Crippen molar-refractivity contribution < 1.29 is 17.9 Å². The van der Waals surface area contributed by atoms with Crippen molar-refractivity contribution in [2.75, 3.05) is 19.7 Å². The van der Waals surface area contributed by atoms with Gasteiger partial charge in [-0.15, -0.1) is 0 Å². The molecule has 0 aliphatic carbocycles. The Morgan fingerprint density at radius 1 is 1.35 bits per heavy atom. The third-order valence-electron chi connectivity index (χ3n) is 3.79. The molecule has 1 N–H and O–H groups in total. The first-order chi connectivity index (χ1) is 10.8. The second-order valence-corrected chi connectivity index (χ2v) is 7.74. The Labute approximate surface area is 141 Å². The molecule has 2 atom stereocenters. The molecule has 0 aromatic heterocycles. The summed E-state index contributed by atoms with van der Waals surface area (Å²) in [6, 6.07) is 3.86. The first kappa shape index (κ1) is 18.2. The third-order valence-corrected chi connectivity index (χ3v) is 6.11. The van der Waals surface area contributed by atoms with E-state index in [1.807, 2.05) is 13.8 Å². The minimum Gasteiger partial charge on any atom is -0.493 e. The van der Waals surface area contributed by atoms with Gasteiger partial charge >= 0.3 is 0 Å². The summed E-state index contributed by atoms with van der Waals surface area (Å²) in [6.45, 7) is 7.00. The van der Waals surface area contributed by atoms with Crippen LogP contribution in [0.3, 0.4) is 0 Å². The number of carbonyl (C=O) groups is 1. The summed E-state index contributed by atoms with van der Waals surface area (Å²) < 4.78 is 32.7. The second kappa shape index (κ2) is 7.17. The van der Waals surface area contributed by atoms with Crippen molar-refractivity contribution in [2.45, 2.75) is 37.8 Å². The fourth-order valence-electron chi connectivity index (χ4n) is 2.82. The number of piperazine rings is 1. The molecule has 8 heteroatoms. The molecular weight excluding hydrogens is 340 g/mol. The molecule has 1 aliphatic heterocycles. The maximum atomic E-state index is 13.0. The molecule has 1 aromatic rings. The van der Waals surface area contributed by atoms with Gasteiger partial charge in [-0.1, -0.05) is 0 Å². The standard InChI is InChI=1S/C15H21ClN2O4S/c1-4-22-14-6-5-12(7-13(14)15(16)19)23(20,21)18-10(2)8-17-9-11(18)3/h5-7,10-11,17H,4,8-9H2,1-3H3/t10-,11+. The summed E-state index contributed by atoms with van der Waals surface area (Å²) in [4.78, 5) is 11.6. The zero-order chi connectivity index (χ0) is 17.2. The topological polar surface area (TPSA) is 75.7 Å². The van der Waals surface area contributed by atoms with E-state index in [4.69, 9.17) is 16.3 Å². The van der Waals surface area contributed by atoms with Crippen molar-refractivity contribution >= 4 is 26.9 Å². The Kier molecular flexibility index (Phi) is 5.67. The molecule has 128 valence electrons. The van der Waals surface area contributed by atoms with Crippen molar-refractivity contribution in [3.63, 3.8) is 0 Å². The summed E-state index contributed by atoms with van der Waals surface area (Å²) in [6.07, 6.45) is 0. The summed E-state index contributed by atoms with van der Waals surface area (Å²) in [7, 11) is -3.72. The summed E-state index contributed by atoms with van der Waals surface area (Å²) >= 11 is 5.57. The van der Waals surface area contributed by atoms with E-state index in [1.165, 1.54) is 22.5 Å². The SMILES string of the molecule is CCOc1ccc(S(=O)(=O)N2[C@H](C)CNC[C@@H]2C)cc1C(=O)Cl. The van der Waals surface area contributed by atoms with Gasteiger partial charge in [0.05, 0.1) is 17.1 Å². The zero-order valence-electron chi connectivity index (χ0n) is 13.4. The molecule has 1 aliphatic rings. The monoisotopic (exact) mass is 360 g/mol. The number of hydrogen-bond donors (Lipinski definition) is 1. The number of ether oxygens (including phenoxy) is 1. The van der Waals surface area contributed by atoms with E-state index < -0.39 is 15.3 Å². The number of rotatable bonds is 5. The Balaban J connectivity index is 2.47. The maximum Gasteiger partial charge on any atom is 0.256 e. The lowest BCUT2D eigenvalue weighted by Gasteiger charge is -2.38. The average molecular weight is 361 g/mol. The fourth-order valence-corrected chi connectivity index (χ4v) is 4.81. The lowest BCUT2D eigenvalue weighted by Crippen LogP contribution is -2.57. The number of sulfonamides is 1. The van der Waals surface area contributed by atoms with Gasteiger partial charge < -0.3 is 10.1 Å². The van der Waals surface area contributed by atoms with Gasteiger partial charge in [0.15, 0.2) is 0 Å². The molecule has 6 nitrogen and oxygen atoms in total. The van der Waals surface area contributed by atoms with Crippen LogP contribution in [0.25, 0.3) is 0 Å². The minimum atomic E-state index is -3.72. The van der Waals surface area contributed by atoms with Crippen molar-refractivity contribution in [1.29, 1.82) is 0 Å². The Morgan fingerprint density at radius 3 is 2.48 bits per heavy atom. The fraction of sp³-hybridized carbons (Fsp3) is 0.533. The van der Waals surface area contributed by atoms with E-state index in [2.05, 4.69) is 5.32 Å². The van der Waals surface area contributed by atoms with Crippen LogP contribution >= 0.6 is 11.6 Å². The third kappa shape index (κ3) is 3.68. The predicted molar refractivity (Wildman–Crippen MR) is 88.6 cm³/mol. The molecule has 0 spiro atoms. The Bertz CT molecular complexity index is 683. The molecule has 0 unspecified atom stereocenters. The largest absolute Gasteiger partial charge is 0.493 e. The normalized spacial score (nSPS) is 22.8. The number of halogens is 1. The molecule has 0 saturated carbocycles. The Hall–Kier alpha value is -1.15. The van der Waals surface area contributed by atoms with Crippen LogP contribution in [-0.4, -0.2) is 49.7 Å². The molecule has 1 saturated heterocycles.